The first-order valence-electron chi connectivity index (χ1n) is 3.73. The predicted octanol–water partition coefficient (Wildman–Crippen LogP) is 0.786. The summed E-state index contributed by atoms with van der Waals surface area (Å²) in [5.41, 5.74) is 5.38. The van der Waals surface area contributed by atoms with Gasteiger partial charge >= 0.3 is 0 Å². The number of hydrogen-bond acceptors (Lipinski definition) is 4. The van der Waals surface area contributed by atoms with E-state index in [4.69, 9.17) is 5.73 Å². The molecule has 14 heavy (non-hydrogen) atoms. The van der Waals surface area contributed by atoms with Crippen LogP contribution in [0.4, 0.5) is 10.1 Å². The second-order valence-electron chi connectivity index (χ2n) is 2.74. The van der Waals surface area contributed by atoms with Crippen LogP contribution in [0, 0.1) is 5.82 Å². The summed E-state index contributed by atoms with van der Waals surface area (Å²) in [6.07, 6.45) is 0. The first-order valence-corrected chi connectivity index (χ1v) is 5.39. The van der Waals surface area contributed by atoms with Gasteiger partial charge in [0.05, 0.1) is 4.90 Å². The predicted molar refractivity (Wildman–Crippen MR) is 49.9 cm³/mol. The van der Waals surface area contributed by atoms with Crippen molar-refractivity contribution in [2.24, 2.45) is 0 Å². The topological polar surface area (TPSA) is 69.4 Å². The zero-order valence-electron chi connectivity index (χ0n) is 7.53. The van der Waals surface area contributed by atoms with Crippen LogP contribution in [0.2, 0.25) is 0 Å². The zero-order chi connectivity index (χ0) is 10.8. The first-order chi connectivity index (χ1) is 6.45. The Morgan fingerprint density at radius 2 is 2.07 bits per heavy atom. The lowest BCUT2D eigenvalue weighted by Crippen LogP contribution is -2.09. The number of anilines is 1. The molecule has 1 aromatic carbocycles. The molecule has 0 saturated heterocycles. The molecule has 78 valence electrons. The van der Waals surface area contributed by atoms with E-state index in [-0.39, 0.29) is 10.6 Å². The molecule has 0 radical (unpaired) electrons. The van der Waals surface area contributed by atoms with Gasteiger partial charge in [-0.25, -0.2) is 12.8 Å². The maximum atomic E-state index is 12.8. The Balaban J connectivity index is 3.19. The number of hydrogen-bond donors (Lipinski definition) is 1. The number of ether oxygens (including phenoxy) is 1. The maximum absolute atomic E-state index is 12.8. The molecule has 0 aliphatic rings. The maximum Gasteiger partial charge on any atom is 0.202 e. The van der Waals surface area contributed by atoms with Crippen molar-refractivity contribution < 1.29 is 17.5 Å². The van der Waals surface area contributed by atoms with Crippen LogP contribution < -0.4 is 5.73 Å². The van der Waals surface area contributed by atoms with Crippen LogP contribution in [0.3, 0.4) is 0 Å². The van der Waals surface area contributed by atoms with E-state index in [9.17, 15) is 12.8 Å². The smallest absolute Gasteiger partial charge is 0.202 e. The second-order valence-corrected chi connectivity index (χ2v) is 4.68. The summed E-state index contributed by atoms with van der Waals surface area (Å²) in [6.45, 7) is 0. The number of halogens is 1. The fraction of sp³-hybridized carbons (Fsp3) is 0.250. The molecule has 0 heterocycles. The summed E-state index contributed by atoms with van der Waals surface area (Å²) in [6, 6.07) is 3.15. The molecule has 0 saturated carbocycles. The number of rotatable bonds is 3. The number of nitrogens with two attached hydrogens (primary N) is 1. The Labute approximate surface area is 81.4 Å². The van der Waals surface area contributed by atoms with Gasteiger partial charge in [0, 0.05) is 12.8 Å². The normalized spacial score (nSPS) is 11.6. The van der Waals surface area contributed by atoms with Gasteiger partial charge in [-0.3, -0.25) is 0 Å². The van der Waals surface area contributed by atoms with Crippen LogP contribution in [-0.2, 0) is 14.6 Å². The monoisotopic (exact) mass is 219 g/mol. The third-order valence-electron chi connectivity index (χ3n) is 1.53. The summed E-state index contributed by atoms with van der Waals surface area (Å²) < 4.78 is 40.1. The molecule has 1 aromatic rings. The van der Waals surface area contributed by atoms with Crippen molar-refractivity contribution in [3.05, 3.63) is 24.0 Å². The minimum absolute atomic E-state index is 0.0691. The van der Waals surface area contributed by atoms with Crippen LogP contribution in [0.1, 0.15) is 0 Å². The highest BCUT2D eigenvalue weighted by molar-refractivity contribution is 7.91. The average Bonchev–Trinajstić information content (AvgIpc) is 2.02. The van der Waals surface area contributed by atoms with Crippen molar-refractivity contribution in [3.63, 3.8) is 0 Å². The Morgan fingerprint density at radius 3 is 2.57 bits per heavy atom. The number of sulfone groups is 1. The molecular formula is C8H10FNO3S. The minimum atomic E-state index is -3.60. The third kappa shape index (κ3) is 2.43. The molecule has 0 atom stereocenters. The Hall–Kier alpha value is -1.14. The largest absolute Gasteiger partial charge is 0.399 e. The first kappa shape index (κ1) is 10.9. The third-order valence-corrected chi connectivity index (χ3v) is 3.03. The van der Waals surface area contributed by atoms with Crippen LogP contribution in [0.5, 0.6) is 0 Å². The van der Waals surface area contributed by atoms with Gasteiger partial charge in [0.25, 0.3) is 0 Å². The molecule has 1 rings (SSSR count). The molecule has 0 fully saturated rings. The summed E-state index contributed by atoms with van der Waals surface area (Å²) in [5, 5.41) is 0. The van der Waals surface area contributed by atoms with Crippen molar-refractivity contribution in [1.29, 1.82) is 0 Å². The lowest BCUT2D eigenvalue weighted by Gasteiger charge is -2.04. The van der Waals surface area contributed by atoms with E-state index < -0.39 is 21.6 Å². The van der Waals surface area contributed by atoms with Crippen LogP contribution in [0.25, 0.3) is 0 Å². The average molecular weight is 219 g/mol. The summed E-state index contributed by atoms with van der Waals surface area (Å²) >= 11 is 0. The number of methoxy groups -OCH3 is 1. The molecule has 4 nitrogen and oxygen atoms in total. The quantitative estimate of drug-likeness (QED) is 0.763. The summed E-state index contributed by atoms with van der Waals surface area (Å²) in [4.78, 5) is -0.170. The van der Waals surface area contributed by atoms with Crippen molar-refractivity contribution in [2.45, 2.75) is 4.90 Å². The lowest BCUT2D eigenvalue weighted by atomic mass is 10.3. The SMILES string of the molecule is COCS(=O)(=O)c1cc(N)cc(F)c1. The van der Waals surface area contributed by atoms with E-state index in [1.165, 1.54) is 13.2 Å². The van der Waals surface area contributed by atoms with Crippen molar-refractivity contribution >= 4 is 15.5 Å². The van der Waals surface area contributed by atoms with E-state index in [0.29, 0.717) is 0 Å². The molecule has 0 unspecified atom stereocenters. The molecule has 0 bridgehead atoms. The zero-order valence-corrected chi connectivity index (χ0v) is 8.34. The van der Waals surface area contributed by atoms with Crippen LogP contribution >= 0.6 is 0 Å². The van der Waals surface area contributed by atoms with E-state index in [1.807, 2.05) is 0 Å². The van der Waals surface area contributed by atoms with Crippen LogP contribution in [0.15, 0.2) is 23.1 Å². The van der Waals surface area contributed by atoms with Gasteiger partial charge in [0.15, 0.2) is 5.94 Å². The molecule has 2 N–H and O–H groups in total. The lowest BCUT2D eigenvalue weighted by molar-refractivity contribution is 0.249. The standard InChI is InChI=1S/C8H10FNO3S/c1-13-5-14(11,12)8-3-6(9)2-7(10)4-8/h2-4H,5,10H2,1H3. The van der Waals surface area contributed by atoms with Crippen molar-refractivity contribution in [3.8, 4) is 0 Å². The van der Waals surface area contributed by atoms with E-state index in [2.05, 4.69) is 4.74 Å². The van der Waals surface area contributed by atoms with Gasteiger partial charge in [-0.1, -0.05) is 0 Å². The molecule has 0 aliphatic heterocycles. The summed E-state index contributed by atoms with van der Waals surface area (Å²) in [5.74, 6) is -1.17. The van der Waals surface area contributed by atoms with E-state index in [0.717, 1.165) is 12.1 Å². The molecule has 0 aliphatic carbocycles. The fourth-order valence-corrected chi connectivity index (χ4v) is 2.04. The van der Waals surface area contributed by atoms with Gasteiger partial charge in [-0.05, 0) is 18.2 Å². The van der Waals surface area contributed by atoms with Gasteiger partial charge in [0.1, 0.15) is 5.82 Å². The Bertz CT molecular complexity index is 410. The van der Waals surface area contributed by atoms with Gasteiger partial charge in [0.2, 0.25) is 9.84 Å². The fourth-order valence-electron chi connectivity index (χ4n) is 0.987. The van der Waals surface area contributed by atoms with Crippen molar-refractivity contribution in [2.75, 3.05) is 18.8 Å². The molecule has 0 aromatic heterocycles. The van der Waals surface area contributed by atoms with Gasteiger partial charge in [-0.15, -0.1) is 0 Å². The molecule has 0 amide bonds. The van der Waals surface area contributed by atoms with Crippen molar-refractivity contribution in [1.82, 2.24) is 0 Å². The highest BCUT2D eigenvalue weighted by Gasteiger charge is 2.15. The van der Waals surface area contributed by atoms with Crippen LogP contribution in [-0.4, -0.2) is 21.5 Å². The highest BCUT2D eigenvalue weighted by Crippen LogP contribution is 2.17. The molecular weight excluding hydrogens is 209 g/mol. The molecule has 6 heteroatoms. The van der Waals surface area contributed by atoms with Gasteiger partial charge < -0.3 is 10.5 Å². The highest BCUT2D eigenvalue weighted by atomic mass is 32.2. The van der Waals surface area contributed by atoms with Gasteiger partial charge in [-0.2, -0.15) is 0 Å². The minimum Gasteiger partial charge on any atom is -0.399 e. The Morgan fingerprint density at radius 1 is 1.43 bits per heavy atom. The van der Waals surface area contributed by atoms with E-state index in [1.54, 1.807) is 0 Å². The summed E-state index contributed by atoms with van der Waals surface area (Å²) in [7, 11) is -2.35. The Kier molecular flexibility index (Phi) is 3.07. The number of nitrogen functional groups attached to an aromatic ring is 1. The second kappa shape index (κ2) is 3.93. The molecule has 0 spiro atoms. The van der Waals surface area contributed by atoms with E-state index >= 15 is 0 Å². The number of benzene rings is 1.